The van der Waals surface area contributed by atoms with E-state index < -0.39 is 0 Å². The molecule has 0 bridgehead atoms. The van der Waals surface area contributed by atoms with Crippen LogP contribution in [0.4, 0.5) is 0 Å². The molecule has 2 heterocycles. The van der Waals surface area contributed by atoms with Crippen LogP contribution in [0.1, 0.15) is 37.9 Å². The van der Waals surface area contributed by atoms with Crippen molar-refractivity contribution in [2.75, 3.05) is 13.1 Å². The number of nitrogens with zero attached hydrogens (tertiary/aromatic N) is 3. The van der Waals surface area contributed by atoms with Crippen LogP contribution in [0.25, 0.3) is 11.5 Å². The van der Waals surface area contributed by atoms with Crippen LogP contribution >= 0.6 is 0 Å². The van der Waals surface area contributed by atoms with E-state index in [2.05, 4.69) is 10.1 Å². The summed E-state index contributed by atoms with van der Waals surface area (Å²) in [6.45, 7) is 2.96. The highest BCUT2D eigenvalue weighted by molar-refractivity contribution is 5.73. The molecule has 2 aliphatic rings. The van der Waals surface area contributed by atoms with Crippen LogP contribution in [0.5, 0.6) is 5.75 Å². The zero-order chi connectivity index (χ0) is 15.8. The zero-order valence-corrected chi connectivity index (χ0v) is 13.1. The summed E-state index contributed by atoms with van der Waals surface area (Å²) in [5.41, 5.74) is 0.813. The SMILES string of the molecule is CC(=O)N1CC[C@H](Oc2ccccc2-c2nc(C3CC3)no2)C1. The summed E-state index contributed by atoms with van der Waals surface area (Å²) < 4.78 is 11.5. The maximum absolute atomic E-state index is 11.4. The number of rotatable bonds is 4. The molecule has 0 unspecified atom stereocenters. The summed E-state index contributed by atoms with van der Waals surface area (Å²) >= 11 is 0. The zero-order valence-electron chi connectivity index (χ0n) is 13.1. The van der Waals surface area contributed by atoms with Crippen molar-refractivity contribution in [1.29, 1.82) is 0 Å². The minimum atomic E-state index is 0.00544. The Bertz CT molecular complexity index is 723. The molecule has 23 heavy (non-hydrogen) atoms. The van der Waals surface area contributed by atoms with Crippen molar-refractivity contribution in [3.63, 3.8) is 0 Å². The topological polar surface area (TPSA) is 68.5 Å². The highest BCUT2D eigenvalue weighted by atomic mass is 16.5. The van der Waals surface area contributed by atoms with Gasteiger partial charge in [-0.05, 0) is 25.0 Å². The first-order valence-corrected chi connectivity index (χ1v) is 8.06. The van der Waals surface area contributed by atoms with Gasteiger partial charge in [0, 0.05) is 25.8 Å². The van der Waals surface area contributed by atoms with Gasteiger partial charge in [0.15, 0.2) is 5.82 Å². The Kier molecular flexibility index (Phi) is 3.52. The molecule has 6 nitrogen and oxygen atoms in total. The van der Waals surface area contributed by atoms with Crippen molar-refractivity contribution in [1.82, 2.24) is 15.0 Å². The van der Waals surface area contributed by atoms with Crippen LogP contribution in [-0.4, -0.2) is 40.1 Å². The first-order valence-electron chi connectivity index (χ1n) is 8.06. The van der Waals surface area contributed by atoms with Crippen LogP contribution in [0.3, 0.4) is 0 Å². The third-order valence-electron chi connectivity index (χ3n) is 4.39. The van der Waals surface area contributed by atoms with Crippen molar-refractivity contribution in [3.8, 4) is 17.2 Å². The lowest BCUT2D eigenvalue weighted by molar-refractivity contribution is -0.128. The molecule has 0 N–H and O–H groups in total. The monoisotopic (exact) mass is 313 g/mol. The summed E-state index contributed by atoms with van der Waals surface area (Å²) in [5, 5.41) is 4.07. The van der Waals surface area contributed by atoms with Crippen LogP contribution in [0.2, 0.25) is 0 Å². The van der Waals surface area contributed by atoms with E-state index in [-0.39, 0.29) is 12.0 Å². The Morgan fingerprint density at radius 3 is 2.87 bits per heavy atom. The fourth-order valence-electron chi connectivity index (χ4n) is 2.89. The standard InChI is InChI=1S/C17H19N3O3/c1-11(21)20-9-8-13(10-20)22-15-5-3-2-4-14(15)17-18-16(19-23-17)12-6-7-12/h2-5,12-13H,6-10H2,1H3/t13-/m0/s1. The molecule has 1 saturated carbocycles. The van der Waals surface area contributed by atoms with Crippen LogP contribution < -0.4 is 4.74 Å². The number of carbonyl (C=O) groups is 1. The molecule has 0 spiro atoms. The fourth-order valence-corrected chi connectivity index (χ4v) is 2.89. The van der Waals surface area contributed by atoms with Gasteiger partial charge in [0.05, 0.1) is 12.1 Å². The van der Waals surface area contributed by atoms with E-state index in [0.717, 1.165) is 42.9 Å². The van der Waals surface area contributed by atoms with Gasteiger partial charge in [-0.15, -0.1) is 0 Å². The Hall–Kier alpha value is -2.37. The maximum Gasteiger partial charge on any atom is 0.261 e. The molecular weight excluding hydrogens is 294 g/mol. The van der Waals surface area contributed by atoms with Crippen molar-refractivity contribution in [2.45, 2.75) is 38.2 Å². The molecule has 1 amide bonds. The molecule has 1 aromatic carbocycles. The Morgan fingerprint density at radius 2 is 2.13 bits per heavy atom. The second-order valence-electron chi connectivity index (χ2n) is 6.22. The normalized spacial score (nSPS) is 20.7. The molecule has 4 rings (SSSR count). The van der Waals surface area contributed by atoms with Gasteiger partial charge >= 0.3 is 0 Å². The number of amides is 1. The predicted molar refractivity (Wildman–Crippen MR) is 83.0 cm³/mol. The molecule has 1 aliphatic carbocycles. The minimum Gasteiger partial charge on any atom is -0.488 e. The van der Waals surface area contributed by atoms with Crippen LogP contribution in [0.15, 0.2) is 28.8 Å². The lowest BCUT2D eigenvalue weighted by Gasteiger charge is -2.16. The molecule has 2 fully saturated rings. The molecule has 1 aliphatic heterocycles. The Morgan fingerprint density at radius 1 is 1.30 bits per heavy atom. The average Bonchev–Trinajstić information content (AvgIpc) is 3.10. The quantitative estimate of drug-likeness (QED) is 0.868. The van der Waals surface area contributed by atoms with Gasteiger partial charge in [-0.25, -0.2) is 0 Å². The fraction of sp³-hybridized carbons (Fsp3) is 0.471. The van der Waals surface area contributed by atoms with Gasteiger partial charge in [0.1, 0.15) is 11.9 Å². The molecule has 0 radical (unpaired) electrons. The van der Waals surface area contributed by atoms with E-state index in [1.54, 1.807) is 6.92 Å². The average molecular weight is 313 g/mol. The van der Waals surface area contributed by atoms with Crippen molar-refractivity contribution in [2.24, 2.45) is 0 Å². The summed E-state index contributed by atoms with van der Waals surface area (Å²) in [6, 6.07) is 7.69. The van der Waals surface area contributed by atoms with E-state index in [1.807, 2.05) is 29.2 Å². The third-order valence-corrected chi connectivity index (χ3v) is 4.39. The molecule has 2 aromatic rings. The minimum absolute atomic E-state index is 0.00544. The van der Waals surface area contributed by atoms with Crippen molar-refractivity contribution >= 4 is 5.91 Å². The Labute approximate surface area is 134 Å². The van der Waals surface area contributed by atoms with Gasteiger partial charge in [-0.2, -0.15) is 4.98 Å². The highest BCUT2D eigenvalue weighted by Crippen LogP contribution is 2.39. The van der Waals surface area contributed by atoms with Crippen molar-refractivity contribution in [3.05, 3.63) is 30.1 Å². The number of aromatic nitrogens is 2. The number of hydrogen-bond donors (Lipinski definition) is 0. The number of likely N-dealkylation sites (tertiary alicyclic amines) is 1. The largest absolute Gasteiger partial charge is 0.488 e. The number of para-hydroxylation sites is 1. The van der Waals surface area contributed by atoms with Crippen LogP contribution in [0, 0.1) is 0 Å². The van der Waals surface area contributed by atoms with Gasteiger partial charge in [-0.3, -0.25) is 4.79 Å². The second kappa shape index (κ2) is 5.68. The number of benzene rings is 1. The first-order chi connectivity index (χ1) is 11.2. The highest BCUT2D eigenvalue weighted by Gasteiger charge is 2.30. The van der Waals surface area contributed by atoms with E-state index in [9.17, 15) is 4.79 Å². The Balaban J connectivity index is 1.53. The number of hydrogen-bond acceptors (Lipinski definition) is 5. The molecular formula is C17H19N3O3. The van der Waals surface area contributed by atoms with E-state index >= 15 is 0 Å². The van der Waals surface area contributed by atoms with Gasteiger partial charge in [-0.1, -0.05) is 17.3 Å². The summed E-state index contributed by atoms with van der Waals surface area (Å²) in [5.74, 6) is 2.58. The first kappa shape index (κ1) is 14.2. The lowest BCUT2D eigenvalue weighted by Crippen LogP contribution is -2.28. The number of ether oxygens (including phenoxy) is 1. The molecule has 120 valence electrons. The predicted octanol–water partition coefficient (Wildman–Crippen LogP) is 2.61. The van der Waals surface area contributed by atoms with E-state index in [4.69, 9.17) is 9.26 Å². The third kappa shape index (κ3) is 2.93. The van der Waals surface area contributed by atoms with Crippen molar-refractivity contribution < 1.29 is 14.1 Å². The lowest BCUT2D eigenvalue weighted by atomic mass is 10.2. The van der Waals surface area contributed by atoms with E-state index in [1.165, 1.54) is 0 Å². The second-order valence-corrected chi connectivity index (χ2v) is 6.22. The molecule has 1 atom stereocenters. The van der Waals surface area contributed by atoms with E-state index in [0.29, 0.717) is 18.4 Å². The summed E-state index contributed by atoms with van der Waals surface area (Å²) in [7, 11) is 0. The molecule has 1 aromatic heterocycles. The van der Waals surface area contributed by atoms with Crippen LogP contribution in [-0.2, 0) is 4.79 Å². The summed E-state index contributed by atoms with van der Waals surface area (Å²) in [6.07, 6.45) is 3.12. The smallest absolute Gasteiger partial charge is 0.261 e. The van der Waals surface area contributed by atoms with Gasteiger partial charge in [0.25, 0.3) is 5.89 Å². The molecule has 1 saturated heterocycles. The maximum atomic E-state index is 11.4. The molecule has 6 heteroatoms. The summed E-state index contributed by atoms with van der Waals surface area (Å²) in [4.78, 5) is 17.8. The number of carbonyl (C=O) groups excluding carboxylic acids is 1. The van der Waals surface area contributed by atoms with Gasteiger partial charge < -0.3 is 14.2 Å². The van der Waals surface area contributed by atoms with Gasteiger partial charge in [0.2, 0.25) is 5.91 Å².